The van der Waals surface area contributed by atoms with Gasteiger partial charge in [-0.1, -0.05) is 0 Å². The standard InChI is InChI=1S/C17H13.C7H9.C7H7.CH3.CH2.2ClH.Zr/c1-3-12-5-7-14-11-15-8-6-13(4-2)10-17(15)16(14)9-12;1-6-3-4-7(2)5-6;1-7-5-3-2-4-6-7;;;;;/h3-7,9-10H,1-2,11H2;3,5,7H,1-2H3;3-6H,1H3;1H3;1H2;2*1H;. The largest absolute Gasteiger partial charge is 0.147 e. The van der Waals surface area contributed by atoms with Crippen LogP contribution in [0.4, 0.5) is 0 Å². The molecule has 0 aromatic heterocycles. The molecule has 0 nitrogen and oxygen atoms in total. The van der Waals surface area contributed by atoms with Gasteiger partial charge >= 0.3 is 207 Å². The van der Waals surface area contributed by atoms with Crippen molar-refractivity contribution in [1.29, 1.82) is 0 Å². The summed E-state index contributed by atoms with van der Waals surface area (Å²) in [5.74, 6) is 0.397. The Kier molecular flexibility index (Phi) is 7.94. The zero-order chi connectivity index (χ0) is 24.3. The molecule has 1 atom stereocenters. The second-order valence-corrected chi connectivity index (χ2v) is 24.8. The second kappa shape index (κ2) is 10.0. The summed E-state index contributed by atoms with van der Waals surface area (Å²) in [5.41, 5.74) is 10.5. The summed E-state index contributed by atoms with van der Waals surface area (Å²) >= 11 is -4.20. The van der Waals surface area contributed by atoms with Crippen molar-refractivity contribution in [2.24, 2.45) is 5.92 Å². The van der Waals surface area contributed by atoms with E-state index in [1.807, 2.05) is 12.2 Å². The molecule has 0 N–H and O–H groups in total. The minimum absolute atomic E-state index is 0. The molecule has 0 fully saturated rings. The fourth-order valence-electron chi connectivity index (χ4n) is 6.37. The molecule has 0 heterocycles. The number of aryl methyl sites for hydroxylation is 1. The van der Waals surface area contributed by atoms with Gasteiger partial charge in [0, 0.05) is 0 Å². The van der Waals surface area contributed by atoms with E-state index in [4.69, 9.17) is 4.21 Å². The van der Waals surface area contributed by atoms with E-state index < -0.39 is 18.3 Å². The van der Waals surface area contributed by atoms with Gasteiger partial charge in [0.15, 0.2) is 0 Å². The third-order valence-electron chi connectivity index (χ3n) is 8.27. The van der Waals surface area contributed by atoms with Crippen molar-refractivity contribution < 1.29 is 18.3 Å². The summed E-state index contributed by atoms with van der Waals surface area (Å²) in [6, 6.07) is 20.8. The van der Waals surface area contributed by atoms with Crippen LogP contribution >= 0.6 is 24.8 Å². The second-order valence-electron chi connectivity index (χ2n) is 10.8. The van der Waals surface area contributed by atoms with Gasteiger partial charge in [0.1, 0.15) is 0 Å². The Morgan fingerprint density at radius 2 is 1.50 bits per heavy atom. The van der Waals surface area contributed by atoms with Crippen molar-refractivity contribution >= 4 is 47.7 Å². The number of fused-ring (bicyclic) bond motifs is 3. The quantitative estimate of drug-likeness (QED) is 0.218. The van der Waals surface area contributed by atoms with Crippen LogP contribution in [0, 0.1) is 12.8 Å². The summed E-state index contributed by atoms with van der Waals surface area (Å²) in [7, 11) is 0. The molecule has 3 aromatic rings. The molecule has 3 heteroatoms. The van der Waals surface area contributed by atoms with Crippen molar-refractivity contribution in [3.63, 3.8) is 0 Å². The molecular weight excluding hydrogens is 558 g/mol. The summed E-state index contributed by atoms with van der Waals surface area (Å²) in [6.07, 6.45) is 9.76. The molecule has 0 spiro atoms. The van der Waals surface area contributed by atoms with Crippen LogP contribution in [0.25, 0.3) is 23.3 Å². The molecule has 0 radical (unpaired) electrons. The summed E-state index contributed by atoms with van der Waals surface area (Å²) in [5, 5.41) is 0. The smallest absolute Gasteiger partial charge is 0.147 e. The van der Waals surface area contributed by atoms with Crippen LogP contribution in [0.2, 0.25) is 4.63 Å². The van der Waals surface area contributed by atoms with E-state index in [0.29, 0.717) is 5.92 Å². The van der Waals surface area contributed by atoms with Crippen LogP contribution in [0.15, 0.2) is 88.8 Å². The molecule has 0 saturated heterocycles. The Hall–Kier alpha value is -2.05. The first kappa shape index (κ1) is 28.5. The first-order valence-electron chi connectivity index (χ1n) is 12.2. The molecule has 0 bridgehead atoms. The normalized spacial score (nSPS) is 16.1. The van der Waals surface area contributed by atoms with E-state index >= 15 is 0 Å². The summed E-state index contributed by atoms with van der Waals surface area (Å²) in [6.45, 7) is 14.9. The van der Waals surface area contributed by atoms with Crippen LogP contribution in [-0.2, 0) is 24.7 Å². The summed E-state index contributed by atoms with van der Waals surface area (Å²) < 4.78 is 12.4. The van der Waals surface area contributed by atoms with Gasteiger partial charge in [-0.3, -0.25) is 0 Å². The zero-order valence-electron chi connectivity index (χ0n) is 21.7. The molecule has 36 heavy (non-hydrogen) atoms. The number of hydrogen-bond acceptors (Lipinski definition) is 0. The third-order valence-corrected chi connectivity index (χ3v) is 22.9. The first-order chi connectivity index (χ1) is 16.1. The molecule has 3 aromatic carbocycles. The minimum atomic E-state index is -4.20. The average Bonchev–Trinajstić information content (AvgIpc) is 3.37. The van der Waals surface area contributed by atoms with Crippen molar-refractivity contribution in [2.75, 3.05) is 0 Å². The Balaban J connectivity index is 0.00000180. The Morgan fingerprint density at radius 3 is 2.08 bits per heavy atom. The predicted molar refractivity (Wildman–Crippen MR) is 164 cm³/mol. The third kappa shape index (κ3) is 4.24. The monoisotopic (exact) mass is 592 g/mol. The first-order valence-corrected chi connectivity index (χ1v) is 20.1. The molecule has 0 saturated carbocycles. The maximum absolute atomic E-state index is 5.35. The SMILES string of the molecule is C=Cc1ccc2c(c1)-c1cc(C=C)c[c]([Zr](=[CH2])([CH3])([C]3=CC(C)=CC3C)[c]3ccc(C)cc3)c1C2.Cl.Cl. The van der Waals surface area contributed by atoms with E-state index in [1.54, 1.807) is 3.28 Å². The molecule has 2 aliphatic carbocycles. The number of benzene rings is 3. The zero-order valence-corrected chi connectivity index (χ0v) is 25.8. The van der Waals surface area contributed by atoms with Gasteiger partial charge in [0.25, 0.3) is 0 Å². The van der Waals surface area contributed by atoms with Crippen molar-refractivity contribution in [1.82, 2.24) is 0 Å². The minimum Gasteiger partial charge on any atom is -0.147 e. The van der Waals surface area contributed by atoms with Crippen LogP contribution in [0.1, 0.15) is 41.7 Å². The number of hydrogen-bond donors (Lipinski definition) is 0. The Labute approximate surface area is 230 Å². The number of allylic oxidation sites excluding steroid dienone is 4. The van der Waals surface area contributed by atoms with Crippen molar-refractivity contribution in [3.8, 4) is 11.1 Å². The predicted octanol–water partition coefficient (Wildman–Crippen LogP) is 8.30. The Bertz CT molecular complexity index is 1500. The topological polar surface area (TPSA) is 0 Å². The maximum atomic E-state index is 5.35. The van der Waals surface area contributed by atoms with Gasteiger partial charge in [-0.05, 0) is 0 Å². The van der Waals surface area contributed by atoms with Gasteiger partial charge in [0.2, 0.25) is 0 Å². The summed E-state index contributed by atoms with van der Waals surface area (Å²) in [4.78, 5) is 0. The average molecular weight is 595 g/mol. The molecule has 186 valence electrons. The van der Waals surface area contributed by atoms with Crippen LogP contribution in [-0.4, -0.2) is 4.21 Å². The molecule has 0 amide bonds. The molecule has 5 rings (SSSR count). The molecule has 0 aliphatic heterocycles. The van der Waals surface area contributed by atoms with E-state index in [1.165, 1.54) is 51.1 Å². The van der Waals surface area contributed by atoms with E-state index in [-0.39, 0.29) is 24.8 Å². The number of rotatable bonds is 5. The van der Waals surface area contributed by atoms with Crippen LogP contribution in [0.5, 0.6) is 0 Å². The van der Waals surface area contributed by atoms with E-state index in [2.05, 4.69) is 105 Å². The van der Waals surface area contributed by atoms with Crippen LogP contribution < -0.4 is 6.54 Å². The fourth-order valence-corrected chi connectivity index (χ4v) is 20.0. The Morgan fingerprint density at radius 1 is 0.861 bits per heavy atom. The van der Waals surface area contributed by atoms with Crippen molar-refractivity contribution in [3.05, 3.63) is 117 Å². The van der Waals surface area contributed by atoms with Gasteiger partial charge in [0.05, 0.1) is 0 Å². The van der Waals surface area contributed by atoms with Crippen LogP contribution in [0.3, 0.4) is 0 Å². The molecular formula is C33H36Cl2Zr. The fraction of sp³-hybridized carbons (Fsp3) is 0.182. The van der Waals surface area contributed by atoms with Gasteiger partial charge in [-0.2, -0.15) is 0 Å². The number of halogens is 2. The van der Waals surface area contributed by atoms with E-state index in [9.17, 15) is 0 Å². The molecule has 2 aliphatic rings. The van der Waals surface area contributed by atoms with E-state index in [0.717, 1.165) is 6.42 Å². The van der Waals surface area contributed by atoms with Gasteiger partial charge in [-0.25, -0.2) is 0 Å². The maximum Gasteiger partial charge on any atom is -0.147 e. The van der Waals surface area contributed by atoms with Crippen molar-refractivity contribution in [2.45, 2.75) is 31.8 Å². The van der Waals surface area contributed by atoms with Gasteiger partial charge < -0.3 is 0 Å². The van der Waals surface area contributed by atoms with Gasteiger partial charge in [-0.15, -0.1) is 24.8 Å². The molecule has 1 unspecified atom stereocenters.